The molecule has 3 N–H and O–H groups in total. The van der Waals surface area contributed by atoms with E-state index in [9.17, 15) is 9.59 Å². The van der Waals surface area contributed by atoms with Crippen molar-refractivity contribution in [3.8, 4) is 0 Å². The first kappa shape index (κ1) is 10.6. The Morgan fingerprint density at radius 1 is 1.44 bits per heavy atom. The molecule has 16 heavy (non-hydrogen) atoms. The summed E-state index contributed by atoms with van der Waals surface area (Å²) in [5, 5.41) is 3.80. The van der Waals surface area contributed by atoms with Gasteiger partial charge in [-0.25, -0.2) is 5.84 Å². The van der Waals surface area contributed by atoms with Crippen LogP contribution in [0.25, 0.3) is 0 Å². The Balaban J connectivity index is 2.33. The highest BCUT2D eigenvalue weighted by Gasteiger charge is 2.17. The molecule has 0 unspecified atom stereocenters. The molecular weight excluding hydrogens is 206 g/mol. The first-order valence-corrected chi connectivity index (χ1v) is 5.03. The average molecular weight is 219 g/mol. The van der Waals surface area contributed by atoms with E-state index in [1.165, 1.54) is 7.05 Å². The molecule has 0 bridgehead atoms. The molecule has 0 aromatic heterocycles. The maximum atomic E-state index is 11.6. The normalized spacial score (nSPS) is 14.0. The van der Waals surface area contributed by atoms with Crippen LogP contribution in [-0.4, -0.2) is 23.9 Å². The van der Waals surface area contributed by atoms with E-state index >= 15 is 0 Å². The maximum Gasteiger partial charge on any atom is 0.267 e. The first-order valence-electron chi connectivity index (χ1n) is 5.03. The standard InChI is InChI=1S/C11H13N3O2/c1-14(12)11(16)8-2-4-9-7(6-8)3-5-10(15)13-9/h2,4,6H,3,5,12H2,1H3,(H,13,15). The molecule has 5 nitrogen and oxygen atoms in total. The van der Waals surface area contributed by atoms with E-state index in [0.29, 0.717) is 18.4 Å². The molecule has 1 aromatic rings. The van der Waals surface area contributed by atoms with E-state index in [1.54, 1.807) is 18.2 Å². The van der Waals surface area contributed by atoms with Crippen molar-refractivity contribution in [3.05, 3.63) is 29.3 Å². The molecule has 84 valence electrons. The number of amides is 2. The lowest BCUT2D eigenvalue weighted by atomic mass is 10.00. The molecule has 1 aliphatic heterocycles. The Morgan fingerprint density at radius 3 is 2.88 bits per heavy atom. The van der Waals surface area contributed by atoms with Crippen LogP contribution in [0, 0.1) is 0 Å². The van der Waals surface area contributed by atoms with Crippen molar-refractivity contribution in [2.24, 2.45) is 5.84 Å². The predicted octanol–water partition coefficient (Wildman–Crippen LogP) is 0.517. The topological polar surface area (TPSA) is 75.4 Å². The van der Waals surface area contributed by atoms with Crippen molar-refractivity contribution < 1.29 is 9.59 Å². The number of aryl methyl sites for hydroxylation is 1. The molecule has 1 heterocycles. The lowest BCUT2D eigenvalue weighted by Crippen LogP contribution is -2.33. The fraction of sp³-hybridized carbons (Fsp3) is 0.273. The summed E-state index contributed by atoms with van der Waals surface area (Å²) in [4.78, 5) is 22.8. The van der Waals surface area contributed by atoms with Crippen LogP contribution in [0.1, 0.15) is 22.3 Å². The van der Waals surface area contributed by atoms with Gasteiger partial charge in [0.2, 0.25) is 5.91 Å². The largest absolute Gasteiger partial charge is 0.326 e. The zero-order chi connectivity index (χ0) is 11.7. The van der Waals surface area contributed by atoms with Crippen LogP contribution in [0.3, 0.4) is 0 Å². The quantitative estimate of drug-likeness (QED) is 0.410. The number of benzene rings is 1. The third kappa shape index (κ3) is 1.90. The summed E-state index contributed by atoms with van der Waals surface area (Å²) in [6.07, 6.45) is 1.12. The summed E-state index contributed by atoms with van der Waals surface area (Å²) in [5.41, 5.74) is 2.31. The molecule has 0 aliphatic carbocycles. The van der Waals surface area contributed by atoms with Crippen LogP contribution in [0.5, 0.6) is 0 Å². The number of nitrogens with one attached hydrogen (secondary N) is 1. The van der Waals surface area contributed by atoms with Gasteiger partial charge in [-0.1, -0.05) is 0 Å². The Bertz CT molecular complexity index is 455. The van der Waals surface area contributed by atoms with E-state index in [4.69, 9.17) is 5.84 Å². The number of carbonyl (C=O) groups excluding carboxylic acids is 2. The summed E-state index contributed by atoms with van der Waals surface area (Å²) in [6.45, 7) is 0. The number of rotatable bonds is 1. The van der Waals surface area contributed by atoms with Crippen molar-refractivity contribution in [3.63, 3.8) is 0 Å². The van der Waals surface area contributed by atoms with Crippen molar-refractivity contribution in [2.45, 2.75) is 12.8 Å². The second-order valence-corrected chi connectivity index (χ2v) is 3.84. The second kappa shape index (κ2) is 3.94. The Labute approximate surface area is 93.2 Å². The number of nitrogens with two attached hydrogens (primary N) is 1. The summed E-state index contributed by atoms with van der Waals surface area (Å²) in [6, 6.07) is 5.18. The van der Waals surface area contributed by atoms with E-state index in [0.717, 1.165) is 16.3 Å². The van der Waals surface area contributed by atoms with Gasteiger partial charge in [-0.2, -0.15) is 0 Å². The smallest absolute Gasteiger partial charge is 0.267 e. The van der Waals surface area contributed by atoms with Gasteiger partial charge in [-0.3, -0.25) is 14.6 Å². The summed E-state index contributed by atoms with van der Waals surface area (Å²) < 4.78 is 0. The molecular formula is C11H13N3O2. The van der Waals surface area contributed by atoms with Gasteiger partial charge in [-0.05, 0) is 30.2 Å². The highest BCUT2D eigenvalue weighted by Crippen LogP contribution is 2.23. The predicted molar refractivity (Wildman–Crippen MR) is 59.7 cm³/mol. The Hall–Kier alpha value is -1.88. The molecule has 2 amide bonds. The number of hydrogen-bond acceptors (Lipinski definition) is 3. The van der Waals surface area contributed by atoms with E-state index in [2.05, 4.69) is 5.32 Å². The zero-order valence-electron chi connectivity index (χ0n) is 8.99. The number of hydrogen-bond donors (Lipinski definition) is 2. The van der Waals surface area contributed by atoms with Gasteiger partial charge in [0.25, 0.3) is 5.91 Å². The van der Waals surface area contributed by atoms with E-state index in [1.807, 2.05) is 0 Å². The molecule has 0 atom stereocenters. The van der Waals surface area contributed by atoms with Gasteiger partial charge in [-0.15, -0.1) is 0 Å². The molecule has 0 saturated carbocycles. The maximum absolute atomic E-state index is 11.6. The molecule has 0 spiro atoms. The van der Waals surface area contributed by atoms with Crippen molar-refractivity contribution >= 4 is 17.5 Å². The molecule has 0 radical (unpaired) electrons. The fourth-order valence-electron chi connectivity index (χ4n) is 1.72. The Kier molecular flexibility index (Phi) is 2.62. The van der Waals surface area contributed by atoms with Crippen molar-refractivity contribution in [2.75, 3.05) is 12.4 Å². The zero-order valence-corrected chi connectivity index (χ0v) is 8.99. The van der Waals surface area contributed by atoms with Crippen LogP contribution in [0.2, 0.25) is 0 Å². The third-order valence-electron chi connectivity index (χ3n) is 2.57. The number of nitrogens with zero attached hydrogens (tertiary/aromatic N) is 1. The molecule has 0 fully saturated rings. The number of hydrazine groups is 1. The SMILES string of the molecule is CN(N)C(=O)c1ccc2c(c1)CCC(=O)N2. The summed E-state index contributed by atoms with van der Waals surface area (Å²) >= 11 is 0. The van der Waals surface area contributed by atoms with Crippen LogP contribution in [-0.2, 0) is 11.2 Å². The Morgan fingerprint density at radius 2 is 2.19 bits per heavy atom. The van der Waals surface area contributed by atoms with Crippen molar-refractivity contribution in [1.29, 1.82) is 0 Å². The van der Waals surface area contributed by atoms with Crippen LogP contribution < -0.4 is 11.2 Å². The second-order valence-electron chi connectivity index (χ2n) is 3.84. The lowest BCUT2D eigenvalue weighted by molar-refractivity contribution is -0.116. The van der Waals surface area contributed by atoms with Crippen LogP contribution in [0.15, 0.2) is 18.2 Å². The highest BCUT2D eigenvalue weighted by atomic mass is 16.2. The van der Waals surface area contributed by atoms with Gasteiger partial charge >= 0.3 is 0 Å². The molecule has 1 aliphatic rings. The summed E-state index contributed by atoms with van der Waals surface area (Å²) in [5.74, 6) is 5.16. The lowest BCUT2D eigenvalue weighted by Gasteiger charge is -2.18. The highest BCUT2D eigenvalue weighted by molar-refractivity contribution is 5.97. The van der Waals surface area contributed by atoms with E-state index in [-0.39, 0.29) is 11.8 Å². The van der Waals surface area contributed by atoms with Gasteiger partial charge < -0.3 is 5.32 Å². The monoisotopic (exact) mass is 219 g/mol. The number of carbonyl (C=O) groups is 2. The first-order chi connectivity index (χ1) is 7.58. The number of fused-ring (bicyclic) bond motifs is 1. The molecule has 5 heteroatoms. The molecule has 1 aromatic carbocycles. The fourth-order valence-corrected chi connectivity index (χ4v) is 1.72. The van der Waals surface area contributed by atoms with Gasteiger partial charge in [0, 0.05) is 24.7 Å². The minimum atomic E-state index is -0.236. The van der Waals surface area contributed by atoms with E-state index < -0.39 is 0 Å². The van der Waals surface area contributed by atoms with Gasteiger partial charge in [0.1, 0.15) is 0 Å². The van der Waals surface area contributed by atoms with Crippen molar-refractivity contribution in [1.82, 2.24) is 5.01 Å². The molecule has 2 rings (SSSR count). The minimum Gasteiger partial charge on any atom is -0.326 e. The van der Waals surface area contributed by atoms with Crippen LogP contribution in [0.4, 0.5) is 5.69 Å². The summed E-state index contributed by atoms with van der Waals surface area (Å²) in [7, 11) is 1.50. The minimum absolute atomic E-state index is 0.0162. The average Bonchev–Trinajstić information content (AvgIpc) is 2.27. The van der Waals surface area contributed by atoms with Crippen LogP contribution >= 0.6 is 0 Å². The molecule has 0 saturated heterocycles. The number of anilines is 1. The van der Waals surface area contributed by atoms with Gasteiger partial charge in [0.15, 0.2) is 0 Å². The van der Waals surface area contributed by atoms with Gasteiger partial charge in [0.05, 0.1) is 0 Å². The third-order valence-corrected chi connectivity index (χ3v) is 2.57.